The summed E-state index contributed by atoms with van der Waals surface area (Å²) in [6, 6.07) is 0. The molecule has 0 aliphatic carbocycles. The normalized spacial score (nSPS) is 12.5. The van der Waals surface area contributed by atoms with Crippen LogP contribution >= 0.6 is 22.7 Å². The molecule has 2 rings (SSSR count). The quantitative estimate of drug-likeness (QED) is 0.599. The summed E-state index contributed by atoms with van der Waals surface area (Å²) >= 11 is 2.56. The highest BCUT2D eigenvalue weighted by Crippen LogP contribution is 2.29. The average molecular weight is 377 g/mol. The Labute approximate surface area is 146 Å². The van der Waals surface area contributed by atoms with E-state index in [0.29, 0.717) is 37.0 Å². The molecule has 0 aromatic carbocycles. The zero-order valence-corrected chi connectivity index (χ0v) is 14.9. The molecule has 0 amide bonds. The van der Waals surface area contributed by atoms with Crippen molar-refractivity contribution >= 4 is 28.6 Å². The van der Waals surface area contributed by atoms with Crippen molar-refractivity contribution in [3.63, 3.8) is 0 Å². The number of guanidine groups is 1. The lowest BCUT2D eigenvalue weighted by molar-refractivity contribution is -0.140. The van der Waals surface area contributed by atoms with Crippen LogP contribution in [0.15, 0.2) is 15.9 Å². The van der Waals surface area contributed by atoms with Gasteiger partial charge in [0, 0.05) is 29.8 Å². The van der Waals surface area contributed by atoms with E-state index in [9.17, 15) is 13.2 Å². The standard InChI is InChI=1S/C14H18F3N5S2/c1-3-18-13(20-6-10-9(2)21-8-24-10)19-5-4-12-22-11(7-23-12)14(15,16)17/h7-8H,3-6H2,1-2H3,(H2,18,19,20). The van der Waals surface area contributed by atoms with E-state index >= 15 is 0 Å². The van der Waals surface area contributed by atoms with Gasteiger partial charge in [-0.3, -0.25) is 0 Å². The number of aliphatic imine (C=N–C) groups is 1. The van der Waals surface area contributed by atoms with Crippen LogP contribution < -0.4 is 10.6 Å². The molecule has 24 heavy (non-hydrogen) atoms. The third kappa shape index (κ3) is 5.45. The van der Waals surface area contributed by atoms with Gasteiger partial charge in [0.25, 0.3) is 0 Å². The molecule has 0 radical (unpaired) electrons. The van der Waals surface area contributed by atoms with Crippen molar-refractivity contribution in [3.05, 3.63) is 32.2 Å². The van der Waals surface area contributed by atoms with Gasteiger partial charge in [0.05, 0.1) is 22.8 Å². The van der Waals surface area contributed by atoms with Crippen LogP contribution in [0.3, 0.4) is 0 Å². The minimum Gasteiger partial charge on any atom is -0.357 e. The number of nitrogens with zero attached hydrogens (tertiary/aromatic N) is 3. The van der Waals surface area contributed by atoms with Gasteiger partial charge < -0.3 is 10.6 Å². The maximum absolute atomic E-state index is 12.5. The number of aromatic nitrogens is 2. The van der Waals surface area contributed by atoms with Crippen molar-refractivity contribution in [1.82, 2.24) is 20.6 Å². The minimum atomic E-state index is -4.38. The van der Waals surface area contributed by atoms with E-state index in [1.807, 2.05) is 13.8 Å². The zero-order chi connectivity index (χ0) is 17.6. The minimum absolute atomic E-state index is 0.407. The first kappa shape index (κ1) is 18.7. The molecule has 132 valence electrons. The van der Waals surface area contributed by atoms with E-state index in [4.69, 9.17) is 0 Å². The number of rotatable bonds is 6. The summed E-state index contributed by atoms with van der Waals surface area (Å²) in [5.41, 5.74) is 1.91. The smallest absolute Gasteiger partial charge is 0.357 e. The molecular weight excluding hydrogens is 359 g/mol. The van der Waals surface area contributed by atoms with Crippen LogP contribution in [-0.2, 0) is 19.1 Å². The zero-order valence-electron chi connectivity index (χ0n) is 13.3. The number of hydrogen-bond acceptors (Lipinski definition) is 5. The van der Waals surface area contributed by atoms with E-state index < -0.39 is 11.9 Å². The largest absolute Gasteiger partial charge is 0.434 e. The number of halogens is 3. The Morgan fingerprint density at radius 1 is 1.29 bits per heavy atom. The third-order valence-electron chi connectivity index (χ3n) is 3.04. The third-order valence-corrected chi connectivity index (χ3v) is 4.87. The fourth-order valence-electron chi connectivity index (χ4n) is 1.81. The van der Waals surface area contributed by atoms with Crippen LogP contribution in [0.5, 0.6) is 0 Å². The molecule has 5 nitrogen and oxygen atoms in total. The molecule has 0 fully saturated rings. The summed E-state index contributed by atoms with van der Waals surface area (Å²) in [5, 5.41) is 7.70. The summed E-state index contributed by atoms with van der Waals surface area (Å²) in [4.78, 5) is 13.3. The predicted molar refractivity (Wildman–Crippen MR) is 90.5 cm³/mol. The van der Waals surface area contributed by atoms with Gasteiger partial charge in [-0.2, -0.15) is 13.2 Å². The molecule has 0 unspecified atom stereocenters. The number of nitrogens with one attached hydrogen (secondary N) is 2. The summed E-state index contributed by atoms with van der Waals surface area (Å²) < 4.78 is 37.5. The molecular formula is C14H18F3N5S2. The van der Waals surface area contributed by atoms with Gasteiger partial charge >= 0.3 is 6.18 Å². The van der Waals surface area contributed by atoms with Crippen LogP contribution in [-0.4, -0.2) is 29.0 Å². The lowest BCUT2D eigenvalue weighted by atomic mass is 10.4. The lowest BCUT2D eigenvalue weighted by Gasteiger charge is -2.10. The van der Waals surface area contributed by atoms with Gasteiger partial charge in [-0.25, -0.2) is 15.0 Å². The van der Waals surface area contributed by atoms with Crippen LogP contribution in [0.2, 0.25) is 0 Å². The number of hydrogen-bond donors (Lipinski definition) is 2. The second-order valence-electron chi connectivity index (χ2n) is 4.86. The molecule has 2 aromatic heterocycles. The Hall–Kier alpha value is -1.68. The molecule has 2 heterocycles. The van der Waals surface area contributed by atoms with Crippen molar-refractivity contribution in [1.29, 1.82) is 0 Å². The highest BCUT2D eigenvalue weighted by molar-refractivity contribution is 7.10. The topological polar surface area (TPSA) is 62.2 Å². The van der Waals surface area contributed by atoms with Crippen molar-refractivity contribution < 1.29 is 13.2 Å². The summed E-state index contributed by atoms with van der Waals surface area (Å²) in [5.74, 6) is 0.623. The van der Waals surface area contributed by atoms with Crippen molar-refractivity contribution in [3.8, 4) is 0 Å². The average Bonchev–Trinajstić information content (AvgIpc) is 3.13. The number of alkyl halides is 3. The lowest BCUT2D eigenvalue weighted by Crippen LogP contribution is -2.38. The first-order valence-corrected chi connectivity index (χ1v) is 9.08. The second kappa shape index (κ2) is 8.43. The number of thiazole rings is 2. The van der Waals surface area contributed by atoms with E-state index in [1.165, 1.54) is 0 Å². The molecule has 0 atom stereocenters. The SMILES string of the molecule is CCNC(=NCc1scnc1C)NCCc1nc(C(F)(F)F)cs1. The Balaban J connectivity index is 1.87. The Morgan fingerprint density at radius 2 is 2.08 bits per heavy atom. The van der Waals surface area contributed by atoms with Gasteiger partial charge in [-0.05, 0) is 13.8 Å². The van der Waals surface area contributed by atoms with Gasteiger partial charge in [0.2, 0.25) is 0 Å². The molecule has 0 bridgehead atoms. The van der Waals surface area contributed by atoms with Gasteiger partial charge in [0.1, 0.15) is 0 Å². The van der Waals surface area contributed by atoms with E-state index in [1.54, 1.807) is 16.8 Å². The van der Waals surface area contributed by atoms with E-state index in [2.05, 4.69) is 25.6 Å². The van der Waals surface area contributed by atoms with Gasteiger partial charge in [-0.15, -0.1) is 22.7 Å². The first-order valence-electron chi connectivity index (χ1n) is 7.33. The van der Waals surface area contributed by atoms with Crippen LogP contribution in [0.25, 0.3) is 0 Å². The van der Waals surface area contributed by atoms with Crippen LogP contribution in [0.4, 0.5) is 13.2 Å². The molecule has 0 saturated carbocycles. The molecule has 0 aliphatic rings. The van der Waals surface area contributed by atoms with Crippen LogP contribution in [0.1, 0.15) is 28.2 Å². The van der Waals surface area contributed by atoms with Gasteiger partial charge in [0.15, 0.2) is 11.7 Å². The first-order chi connectivity index (χ1) is 11.4. The fraction of sp³-hybridized carbons (Fsp3) is 0.500. The van der Waals surface area contributed by atoms with E-state index in [0.717, 1.165) is 27.3 Å². The maximum Gasteiger partial charge on any atom is 0.434 e. The number of aryl methyl sites for hydroxylation is 1. The molecule has 0 spiro atoms. The Morgan fingerprint density at radius 3 is 2.67 bits per heavy atom. The highest BCUT2D eigenvalue weighted by atomic mass is 32.1. The predicted octanol–water partition coefficient (Wildman–Crippen LogP) is 3.22. The Bertz CT molecular complexity index is 678. The van der Waals surface area contributed by atoms with E-state index in [-0.39, 0.29) is 0 Å². The molecule has 0 aliphatic heterocycles. The summed E-state index contributed by atoms with van der Waals surface area (Å²) in [6.45, 7) is 5.55. The molecule has 2 aromatic rings. The van der Waals surface area contributed by atoms with Crippen molar-refractivity contribution in [2.75, 3.05) is 13.1 Å². The van der Waals surface area contributed by atoms with Gasteiger partial charge in [-0.1, -0.05) is 0 Å². The molecule has 10 heteroatoms. The van der Waals surface area contributed by atoms with Crippen LogP contribution in [0, 0.1) is 6.92 Å². The fourth-order valence-corrected chi connectivity index (χ4v) is 3.32. The summed E-state index contributed by atoms with van der Waals surface area (Å²) in [7, 11) is 0. The molecule has 2 N–H and O–H groups in total. The van der Waals surface area contributed by atoms with Crippen molar-refractivity contribution in [2.24, 2.45) is 4.99 Å². The summed E-state index contributed by atoms with van der Waals surface area (Å²) in [6.07, 6.45) is -3.98. The monoisotopic (exact) mass is 377 g/mol. The molecule has 0 saturated heterocycles. The van der Waals surface area contributed by atoms with Crippen molar-refractivity contribution in [2.45, 2.75) is 33.0 Å². The second-order valence-corrected chi connectivity index (χ2v) is 6.74. The Kier molecular flexibility index (Phi) is 6.55. The highest BCUT2D eigenvalue weighted by Gasteiger charge is 2.33. The maximum atomic E-state index is 12.5.